The van der Waals surface area contributed by atoms with E-state index in [4.69, 9.17) is 14.7 Å². The van der Waals surface area contributed by atoms with Crippen molar-refractivity contribution in [3.63, 3.8) is 0 Å². The molecule has 5 heteroatoms. The third-order valence-electron chi connectivity index (χ3n) is 2.76. The average molecular weight is 299 g/mol. The van der Waals surface area contributed by atoms with E-state index in [1.165, 1.54) is 11.6 Å². The van der Waals surface area contributed by atoms with Gasteiger partial charge in [0.25, 0.3) is 5.91 Å². The Labute approximate surface area is 128 Å². The number of benzene rings is 2. The van der Waals surface area contributed by atoms with Gasteiger partial charge >= 0.3 is 0 Å². The minimum absolute atomic E-state index is 0.416. The van der Waals surface area contributed by atoms with Crippen LogP contribution in [0.15, 0.2) is 60.7 Å². The number of nitrogens with one attached hydrogen (secondary N) is 1. The lowest BCUT2D eigenvalue weighted by atomic mass is 10.2. The van der Waals surface area contributed by atoms with Gasteiger partial charge in [0.05, 0.1) is 0 Å². The molecule has 0 aromatic heterocycles. The van der Waals surface area contributed by atoms with Gasteiger partial charge in [-0.1, -0.05) is 30.3 Å². The lowest BCUT2D eigenvalue weighted by molar-refractivity contribution is -0.124. The number of hydrogen-bond donors (Lipinski definition) is 2. The van der Waals surface area contributed by atoms with Crippen molar-refractivity contribution in [2.24, 2.45) is 0 Å². The molecule has 0 saturated heterocycles. The maximum atomic E-state index is 10.9. The van der Waals surface area contributed by atoms with Gasteiger partial charge in [0.1, 0.15) is 24.7 Å². The summed E-state index contributed by atoms with van der Waals surface area (Å²) in [5.41, 5.74) is 2.33. The molecule has 2 N–H and O–H groups in total. The molecule has 0 heterocycles. The van der Waals surface area contributed by atoms with Crippen LogP contribution in [0.25, 0.3) is 6.08 Å². The maximum Gasteiger partial charge on any atom is 0.267 e. The van der Waals surface area contributed by atoms with Gasteiger partial charge in [0.2, 0.25) is 0 Å². The fourth-order valence-corrected chi connectivity index (χ4v) is 1.75. The second kappa shape index (κ2) is 8.49. The van der Waals surface area contributed by atoms with E-state index in [0.717, 1.165) is 11.3 Å². The van der Waals surface area contributed by atoms with Crippen LogP contribution < -0.4 is 15.0 Å². The van der Waals surface area contributed by atoms with Gasteiger partial charge in [-0.25, -0.2) is 5.48 Å². The van der Waals surface area contributed by atoms with Crippen LogP contribution in [0.3, 0.4) is 0 Å². The summed E-state index contributed by atoms with van der Waals surface area (Å²) in [5, 5.41) is 8.42. The van der Waals surface area contributed by atoms with Gasteiger partial charge in [0.15, 0.2) is 0 Å². The topological polar surface area (TPSA) is 67.8 Å². The van der Waals surface area contributed by atoms with E-state index in [2.05, 4.69) is 0 Å². The summed E-state index contributed by atoms with van der Waals surface area (Å²) in [6.45, 7) is 0.857. The molecule has 2 aromatic carbocycles. The molecule has 0 saturated carbocycles. The molecule has 1 amide bonds. The predicted octanol–water partition coefficient (Wildman–Crippen LogP) is 2.66. The van der Waals surface area contributed by atoms with E-state index in [0.29, 0.717) is 19.0 Å². The molecule has 0 atom stereocenters. The fourth-order valence-electron chi connectivity index (χ4n) is 1.75. The number of carbonyl (C=O) groups is 1. The highest BCUT2D eigenvalue weighted by Crippen LogP contribution is 2.15. The minimum Gasteiger partial charge on any atom is -0.490 e. The fraction of sp³-hybridized carbons (Fsp3) is 0.118. The van der Waals surface area contributed by atoms with Crippen molar-refractivity contribution in [3.05, 3.63) is 66.2 Å². The highest BCUT2D eigenvalue weighted by molar-refractivity contribution is 5.90. The molecule has 22 heavy (non-hydrogen) atoms. The van der Waals surface area contributed by atoms with Crippen LogP contribution in [-0.2, 0) is 4.79 Å². The summed E-state index contributed by atoms with van der Waals surface area (Å²) in [7, 11) is 0. The van der Waals surface area contributed by atoms with Crippen molar-refractivity contribution in [1.82, 2.24) is 5.48 Å². The summed E-state index contributed by atoms with van der Waals surface area (Å²) in [4.78, 5) is 10.9. The number of amides is 1. The summed E-state index contributed by atoms with van der Waals surface area (Å²) >= 11 is 0. The molecule has 2 aromatic rings. The first kappa shape index (κ1) is 15.6. The molecule has 0 unspecified atom stereocenters. The Balaban J connectivity index is 1.80. The summed E-state index contributed by atoms with van der Waals surface area (Å²) in [5.74, 6) is 0.906. The van der Waals surface area contributed by atoms with Crippen molar-refractivity contribution < 1.29 is 19.5 Å². The zero-order chi connectivity index (χ0) is 15.6. The Kier molecular flexibility index (Phi) is 6.02. The van der Waals surface area contributed by atoms with Crippen molar-refractivity contribution in [2.45, 2.75) is 0 Å². The molecule has 0 aliphatic heterocycles. The Morgan fingerprint density at radius 2 is 1.68 bits per heavy atom. The second-order valence-electron chi connectivity index (χ2n) is 4.39. The summed E-state index contributed by atoms with van der Waals surface area (Å²) in [6, 6.07) is 16.8. The molecule has 0 aliphatic carbocycles. The second-order valence-corrected chi connectivity index (χ2v) is 4.39. The Bertz CT molecular complexity index is 626. The third kappa shape index (κ3) is 5.30. The zero-order valence-corrected chi connectivity index (χ0v) is 11.9. The quantitative estimate of drug-likeness (QED) is 0.357. The number of hydrogen-bond acceptors (Lipinski definition) is 4. The number of para-hydroxylation sites is 1. The van der Waals surface area contributed by atoms with Crippen molar-refractivity contribution in [2.75, 3.05) is 13.2 Å². The molecule has 114 valence electrons. The average Bonchev–Trinajstić information content (AvgIpc) is 2.58. The van der Waals surface area contributed by atoms with Crippen LogP contribution >= 0.6 is 0 Å². The smallest absolute Gasteiger partial charge is 0.267 e. The van der Waals surface area contributed by atoms with E-state index >= 15 is 0 Å². The first-order valence-corrected chi connectivity index (χ1v) is 6.81. The Morgan fingerprint density at radius 1 is 1.00 bits per heavy atom. The third-order valence-corrected chi connectivity index (χ3v) is 2.76. The standard InChI is InChI=1S/C17H17NO4/c19-17(18-20)10-9-14-5-4-8-16(13-14)22-12-11-21-15-6-2-1-3-7-15/h1-10,13,20H,11-12H2,(H,18,19)/b10-9+. The van der Waals surface area contributed by atoms with Gasteiger partial charge in [-0.3, -0.25) is 10.0 Å². The number of hydroxylamine groups is 1. The number of ether oxygens (including phenoxy) is 2. The van der Waals surface area contributed by atoms with E-state index in [9.17, 15) is 4.79 Å². The maximum absolute atomic E-state index is 10.9. The van der Waals surface area contributed by atoms with Crippen LogP contribution in [0.2, 0.25) is 0 Å². The molecule has 0 aliphatic rings. The highest BCUT2D eigenvalue weighted by Gasteiger charge is 1.97. The molecule has 0 radical (unpaired) electrons. The van der Waals surface area contributed by atoms with E-state index in [-0.39, 0.29) is 0 Å². The molecule has 5 nitrogen and oxygen atoms in total. The normalized spacial score (nSPS) is 10.4. The van der Waals surface area contributed by atoms with Crippen LogP contribution in [0.1, 0.15) is 5.56 Å². The number of carbonyl (C=O) groups excluding carboxylic acids is 1. The van der Waals surface area contributed by atoms with Crippen LogP contribution in [0.4, 0.5) is 0 Å². The van der Waals surface area contributed by atoms with E-state index < -0.39 is 5.91 Å². The van der Waals surface area contributed by atoms with Crippen LogP contribution in [0, 0.1) is 0 Å². The van der Waals surface area contributed by atoms with Crippen molar-refractivity contribution in [1.29, 1.82) is 0 Å². The zero-order valence-electron chi connectivity index (χ0n) is 11.9. The van der Waals surface area contributed by atoms with Crippen LogP contribution in [-0.4, -0.2) is 24.3 Å². The molecule has 0 bridgehead atoms. The van der Waals surface area contributed by atoms with Crippen molar-refractivity contribution >= 4 is 12.0 Å². The largest absolute Gasteiger partial charge is 0.490 e. The van der Waals surface area contributed by atoms with Gasteiger partial charge in [-0.15, -0.1) is 0 Å². The summed E-state index contributed by atoms with van der Waals surface area (Å²) in [6.07, 6.45) is 2.82. The first-order chi connectivity index (χ1) is 10.8. The highest BCUT2D eigenvalue weighted by atomic mass is 16.5. The SMILES string of the molecule is O=C(/C=C/c1cccc(OCCOc2ccccc2)c1)NO. The summed E-state index contributed by atoms with van der Waals surface area (Å²) < 4.78 is 11.1. The van der Waals surface area contributed by atoms with Gasteiger partial charge in [-0.05, 0) is 35.9 Å². The van der Waals surface area contributed by atoms with E-state index in [1.807, 2.05) is 48.5 Å². The van der Waals surface area contributed by atoms with Crippen molar-refractivity contribution in [3.8, 4) is 11.5 Å². The molecule has 0 fully saturated rings. The van der Waals surface area contributed by atoms with Gasteiger partial charge in [-0.2, -0.15) is 0 Å². The van der Waals surface area contributed by atoms with E-state index in [1.54, 1.807) is 12.1 Å². The lowest BCUT2D eigenvalue weighted by Crippen LogP contribution is -2.14. The van der Waals surface area contributed by atoms with Gasteiger partial charge in [0, 0.05) is 6.08 Å². The predicted molar refractivity (Wildman–Crippen MR) is 82.8 cm³/mol. The molecular formula is C17H17NO4. The first-order valence-electron chi connectivity index (χ1n) is 6.81. The Morgan fingerprint density at radius 3 is 2.41 bits per heavy atom. The van der Waals surface area contributed by atoms with Crippen LogP contribution in [0.5, 0.6) is 11.5 Å². The molecule has 2 rings (SSSR count). The number of rotatable bonds is 7. The molecular weight excluding hydrogens is 282 g/mol. The Hall–Kier alpha value is -2.79. The monoisotopic (exact) mass is 299 g/mol. The molecule has 0 spiro atoms. The van der Waals surface area contributed by atoms with Gasteiger partial charge < -0.3 is 9.47 Å². The minimum atomic E-state index is -0.581. The lowest BCUT2D eigenvalue weighted by Gasteiger charge is -2.08.